The van der Waals surface area contributed by atoms with Gasteiger partial charge in [-0.1, -0.05) is 65.8 Å². The van der Waals surface area contributed by atoms with Gasteiger partial charge < -0.3 is 15.4 Å². The number of ether oxygens (including phenoxy) is 1. The Kier molecular flexibility index (Phi) is 7.99. The number of nitrogens with zero attached hydrogens (tertiary/aromatic N) is 3. The van der Waals surface area contributed by atoms with Gasteiger partial charge in [-0.05, 0) is 61.4 Å². The van der Waals surface area contributed by atoms with Gasteiger partial charge in [-0.15, -0.1) is 5.10 Å². The number of thioether (sulfide) groups is 1. The first-order valence-electron chi connectivity index (χ1n) is 12.4. The molecule has 4 aromatic rings. The number of esters is 1. The summed E-state index contributed by atoms with van der Waals surface area (Å²) < 4.78 is 6.79. The summed E-state index contributed by atoms with van der Waals surface area (Å²) in [6, 6.07) is 23.5. The van der Waals surface area contributed by atoms with Crippen LogP contribution in [0.15, 0.2) is 95.3 Å². The average molecular weight is 560 g/mol. The molecule has 1 unspecified atom stereocenters. The fraction of sp³-hybridized carbons (Fsp3) is 0.172. The zero-order chi connectivity index (χ0) is 27.4. The number of amides is 1. The molecule has 3 aromatic carbocycles. The molecule has 39 heavy (non-hydrogen) atoms. The smallest absolute Gasteiger partial charge is 0.338 e. The van der Waals surface area contributed by atoms with Gasteiger partial charge in [0.1, 0.15) is 6.04 Å². The van der Waals surface area contributed by atoms with Crippen LogP contribution in [0.3, 0.4) is 0 Å². The summed E-state index contributed by atoms with van der Waals surface area (Å²) in [4.78, 5) is 30.3. The lowest BCUT2D eigenvalue weighted by Gasteiger charge is -2.28. The summed E-state index contributed by atoms with van der Waals surface area (Å²) in [5.74, 6) is 0.556. The van der Waals surface area contributed by atoms with Crippen LogP contribution in [-0.2, 0) is 15.3 Å². The predicted octanol–water partition coefficient (Wildman–Crippen LogP) is 6.33. The van der Waals surface area contributed by atoms with Crippen LogP contribution >= 0.6 is 23.4 Å². The minimum Gasteiger partial charge on any atom is -0.462 e. The van der Waals surface area contributed by atoms with Crippen molar-refractivity contribution >= 4 is 46.9 Å². The normalized spacial score (nSPS) is 14.4. The van der Waals surface area contributed by atoms with Crippen LogP contribution in [0.25, 0.3) is 0 Å². The average Bonchev–Trinajstić information content (AvgIpc) is 3.35. The van der Waals surface area contributed by atoms with Crippen LogP contribution < -0.4 is 10.6 Å². The van der Waals surface area contributed by atoms with Crippen LogP contribution in [0.2, 0.25) is 5.02 Å². The van der Waals surface area contributed by atoms with Crippen LogP contribution in [0.5, 0.6) is 0 Å². The number of rotatable bonds is 8. The summed E-state index contributed by atoms with van der Waals surface area (Å²) in [6.07, 6.45) is 0. The van der Waals surface area contributed by atoms with E-state index in [1.807, 2.05) is 61.5 Å². The minimum absolute atomic E-state index is 0.283. The third kappa shape index (κ3) is 6.00. The molecule has 1 aliphatic heterocycles. The van der Waals surface area contributed by atoms with Crippen molar-refractivity contribution in [1.29, 1.82) is 0 Å². The molecule has 10 heteroatoms. The molecule has 0 saturated heterocycles. The van der Waals surface area contributed by atoms with E-state index in [1.165, 1.54) is 11.8 Å². The first-order valence-corrected chi connectivity index (χ1v) is 13.7. The van der Waals surface area contributed by atoms with Crippen molar-refractivity contribution in [2.75, 3.05) is 17.2 Å². The number of nitrogens with one attached hydrogen (secondary N) is 2. The van der Waals surface area contributed by atoms with Gasteiger partial charge in [-0.3, -0.25) is 4.79 Å². The Hall–Kier alpha value is -4.08. The molecule has 2 heterocycles. The molecular formula is C29H26ClN5O3S. The molecule has 0 saturated carbocycles. The molecule has 8 nitrogen and oxygen atoms in total. The Morgan fingerprint density at radius 3 is 2.46 bits per heavy atom. The van der Waals surface area contributed by atoms with E-state index in [9.17, 15) is 9.59 Å². The topological polar surface area (TPSA) is 98.1 Å². The Morgan fingerprint density at radius 1 is 1.05 bits per heavy atom. The van der Waals surface area contributed by atoms with Crippen molar-refractivity contribution in [3.8, 4) is 0 Å². The highest BCUT2D eigenvalue weighted by atomic mass is 35.5. The molecule has 0 aliphatic carbocycles. The monoisotopic (exact) mass is 559 g/mol. The summed E-state index contributed by atoms with van der Waals surface area (Å²) in [5.41, 5.74) is 4.18. The van der Waals surface area contributed by atoms with Crippen LogP contribution in [0, 0.1) is 0 Å². The molecule has 1 aromatic heterocycles. The number of anilines is 2. The molecule has 5 rings (SSSR count). The number of hydrogen-bond donors (Lipinski definition) is 2. The lowest BCUT2D eigenvalue weighted by Crippen LogP contribution is -2.31. The maximum absolute atomic E-state index is 13.7. The van der Waals surface area contributed by atoms with Crippen LogP contribution in [-0.4, -0.2) is 33.2 Å². The largest absolute Gasteiger partial charge is 0.462 e. The van der Waals surface area contributed by atoms with Crippen molar-refractivity contribution in [3.05, 3.63) is 112 Å². The van der Waals surface area contributed by atoms with Crippen molar-refractivity contribution in [3.63, 3.8) is 0 Å². The van der Waals surface area contributed by atoms with Crippen LogP contribution in [0.1, 0.15) is 41.4 Å². The Morgan fingerprint density at radius 2 is 1.77 bits per heavy atom. The molecule has 198 valence electrons. The highest BCUT2D eigenvalue weighted by Gasteiger charge is 2.34. The van der Waals surface area contributed by atoms with Crippen LogP contribution in [0.4, 0.5) is 11.6 Å². The van der Waals surface area contributed by atoms with Gasteiger partial charge in [-0.25, -0.2) is 9.48 Å². The summed E-state index contributed by atoms with van der Waals surface area (Å²) in [5, 5.41) is 12.3. The van der Waals surface area contributed by atoms with Crippen molar-refractivity contribution < 1.29 is 14.3 Å². The van der Waals surface area contributed by atoms with Crippen molar-refractivity contribution in [2.45, 2.75) is 30.8 Å². The zero-order valence-electron chi connectivity index (χ0n) is 21.3. The van der Waals surface area contributed by atoms with Gasteiger partial charge >= 0.3 is 5.97 Å². The molecule has 0 radical (unpaired) electrons. The first kappa shape index (κ1) is 26.5. The Bertz CT molecular complexity index is 1520. The van der Waals surface area contributed by atoms with E-state index >= 15 is 0 Å². The Balaban J connectivity index is 1.41. The molecular weight excluding hydrogens is 534 g/mol. The maximum Gasteiger partial charge on any atom is 0.338 e. The van der Waals surface area contributed by atoms with E-state index < -0.39 is 12.0 Å². The number of halogens is 1. The van der Waals surface area contributed by atoms with Gasteiger partial charge in [0, 0.05) is 22.2 Å². The van der Waals surface area contributed by atoms with E-state index in [2.05, 4.69) is 10.6 Å². The van der Waals surface area contributed by atoms with E-state index in [-0.39, 0.29) is 5.91 Å². The van der Waals surface area contributed by atoms with E-state index in [0.717, 1.165) is 11.1 Å². The summed E-state index contributed by atoms with van der Waals surface area (Å²) in [6.45, 7) is 3.91. The highest BCUT2D eigenvalue weighted by molar-refractivity contribution is 7.98. The van der Waals surface area contributed by atoms with Crippen molar-refractivity contribution in [2.24, 2.45) is 0 Å². The second-order valence-corrected chi connectivity index (χ2v) is 10.2. The molecule has 1 atom stereocenters. The highest BCUT2D eigenvalue weighted by Crippen LogP contribution is 2.37. The number of allylic oxidation sites excluding steroid dienone is 1. The number of carbonyl (C=O) groups excluding carboxylic acids is 2. The molecule has 0 spiro atoms. The first-order chi connectivity index (χ1) is 18.9. The van der Waals surface area contributed by atoms with E-state index in [4.69, 9.17) is 26.4 Å². The van der Waals surface area contributed by atoms with E-state index in [1.54, 1.807) is 35.9 Å². The zero-order valence-corrected chi connectivity index (χ0v) is 22.9. The van der Waals surface area contributed by atoms with Gasteiger partial charge in [-0.2, -0.15) is 4.98 Å². The lowest BCUT2D eigenvalue weighted by atomic mass is 9.95. The molecule has 0 fully saturated rings. The SMILES string of the molecule is CCOC(=O)c1ccc(NC(=O)C2=C(C)Nc3nc(SCc4ccc(Cl)cc4)nn3C2c2ccccc2)cc1. The molecule has 1 amide bonds. The summed E-state index contributed by atoms with van der Waals surface area (Å²) in [7, 11) is 0. The molecule has 1 aliphatic rings. The number of fused-ring (bicyclic) bond motifs is 1. The number of aromatic nitrogens is 3. The quantitative estimate of drug-likeness (QED) is 0.192. The lowest BCUT2D eigenvalue weighted by molar-refractivity contribution is -0.113. The summed E-state index contributed by atoms with van der Waals surface area (Å²) >= 11 is 7.52. The number of hydrogen-bond acceptors (Lipinski definition) is 7. The van der Waals surface area contributed by atoms with Gasteiger partial charge in [0.25, 0.3) is 5.91 Å². The fourth-order valence-electron chi connectivity index (χ4n) is 4.26. The Labute approximate surface area is 235 Å². The molecule has 0 bridgehead atoms. The second kappa shape index (κ2) is 11.8. The van der Waals surface area contributed by atoms with Crippen molar-refractivity contribution in [1.82, 2.24) is 14.8 Å². The van der Waals surface area contributed by atoms with E-state index in [0.29, 0.717) is 51.0 Å². The van der Waals surface area contributed by atoms with Gasteiger partial charge in [0.05, 0.1) is 17.7 Å². The standard InChI is InChI=1S/C29H26ClN5O3S/c1-3-38-27(37)21-11-15-23(16-12-21)32-26(36)24-18(2)31-28-33-29(39-17-19-9-13-22(30)14-10-19)34-35(28)25(24)20-7-5-4-6-8-20/h4-16,25H,3,17H2,1-2H3,(H,32,36)(H,31,33,34). The fourth-order valence-corrected chi connectivity index (χ4v) is 5.17. The third-order valence-electron chi connectivity index (χ3n) is 6.13. The minimum atomic E-state index is -0.487. The second-order valence-electron chi connectivity index (χ2n) is 8.81. The molecule has 2 N–H and O–H groups in total. The van der Waals surface area contributed by atoms with Gasteiger partial charge in [0.15, 0.2) is 0 Å². The third-order valence-corrected chi connectivity index (χ3v) is 7.29. The maximum atomic E-state index is 13.7. The number of carbonyl (C=O) groups is 2. The predicted molar refractivity (Wildman–Crippen MR) is 153 cm³/mol. The number of benzene rings is 3. The van der Waals surface area contributed by atoms with Gasteiger partial charge in [0.2, 0.25) is 11.1 Å².